The number of benzene rings is 5. The third kappa shape index (κ3) is 7.75. The second-order valence-corrected chi connectivity index (χ2v) is 10.8. The first kappa shape index (κ1) is 31.0. The quantitative estimate of drug-likeness (QED) is 0.127. The monoisotopic (exact) mass is 636 g/mol. The number of rotatable bonds is 8. The van der Waals surface area contributed by atoms with E-state index < -0.39 is 12.1 Å². The molecule has 0 atom stereocenters. The van der Waals surface area contributed by atoms with E-state index in [1.807, 2.05) is 0 Å². The van der Waals surface area contributed by atoms with Gasteiger partial charge in [-0.3, -0.25) is 9.59 Å². The number of carbonyl (C=O) groups excluding carboxylic acids is 4. The minimum absolute atomic E-state index is 0.235. The minimum Gasteiger partial charge on any atom is -0.308 e. The van der Waals surface area contributed by atoms with E-state index in [0.717, 1.165) is 5.56 Å². The number of hydrogen-bond donors (Lipinski definition) is 4. The molecule has 4 N–H and O–H groups in total. The van der Waals surface area contributed by atoms with Gasteiger partial charge in [-0.05, 0) is 61.0 Å². The maximum absolute atomic E-state index is 13.1. The molecule has 0 bridgehead atoms. The molecule has 0 aliphatic rings. The second-order valence-electron chi connectivity index (χ2n) is 9.96. The molecule has 4 amide bonds. The van der Waals surface area contributed by atoms with Crippen LogP contribution < -0.4 is 21.3 Å². The summed E-state index contributed by atoms with van der Waals surface area (Å²) in [5.41, 5.74) is 3.45. The summed E-state index contributed by atoms with van der Waals surface area (Å²) in [4.78, 5) is 52.3. The van der Waals surface area contributed by atoms with Gasteiger partial charge < -0.3 is 21.3 Å². The number of aryl methyl sites for hydroxylation is 1. The average molecular weight is 638 g/mol. The Morgan fingerprint density at radius 3 is 1.42 bits per heavy atom. The maximum Gasteiger partial charge on any atom is 0.323 e. The number of hydrogen-bond acceptors (Lipinski definition) is 4. The van der Waals surface area contributed by atoms with E-state index in [0.29, 0.717) is 32.5 Å². The third-order valence-corrected chi connectivity index (χ3v) is 7.23. The molecule has 0 spiro atoms. The van der Waals surface area contributed by atoms with Crippen molar-refractivity contribution >= 4 is 69.6 Å². The minimum atomic E-state index is -0.607. The molecule has 10 heteroatoms. The van der Waals surface area contributed by atoms with Crippen molar-refractivity contribution in [2.75, 3.05) is 21.3 Å². The Morgan fingerprint density at radius 1 is 0.489 bits per heavy atom. The van der Waals surface area contributed by atoms with Crippen molar-refractivity contribution in [3.8, 4) is 0 Å². The maximum atomic E-state index is 13.1. The van der Waals surface area contributed by atoms with Crippen LogP contribution in [0.25, 0.3) is 0 Å². The molecule has 45 heavy (non-hydrogen) atoms. The third-order valence-electron chi connectivity index (χ3n) is 6.76. The summed E-state index contributed by atoms with van der Waals surface area (Å²) in [7, 11) is 0. The summed E-state index contributed by atoms with van der Waals surface area (Å²) in [6, 6.07) is 30.4. The summed E-state index contributed by atoms with van der Waals surface area (Å²) in [5.74, 6) is -0.591. The van der Waals surface area contributed by atoms with E-state index in [9.17, 15) is 19.2 Å². The largest absolute Gasteiger partial charge is 0.323 e. The molecule has 0 heterocycles. The molecular formula is C35H26Cl2N4O4. The van der Waals surface area contributed by atoms with Crippen molar-refractivity contribution in [2.45, 2.75) is 6.92 Å². The van der Waals surface area contributed by atoms with Gasteiger partial charge in [0, 0.05) is 43.7 Å². The lowest BCUT2D eigenvalue weighted by Crippen LogP contribution is -2.23. The van der Waals surface area contributed by atoms with E-state index in [2.05, 4.69) is 21.3 Å². The number of anilines is 4. The Balaban J connectivity index is 1.29. The van der Waals surface area contributed by atoms with Crippen LogP contribution in [0.1, 0.15) is 37.4 Å². The van der Waals surface area contributed by atoms with Crippen LogP contribution in [0.3, 0.4) is 0 Å². The number of carbonyl (C=O) groups is 4. The fourth-order valence-corrected chi connectivity index (χ4v) is 4.86. The molecule has 0 unspecified atom stereocenters. The Hall–Kier alpha value is -5.44. The summed E-state index contributed by atoms with van der Waals surface area (Å²) in [5, 5.41) is 11.6. The van der Waals surface area contributed by atoms with Crippen LogP contribution in [0, 0.1) is 6.92 Å². The van der Waals surface area contributed by atoms with Gasteiger partial charge in [0.25, 0.3) is 0 Å². The van der Waals surface area contributed by atoms with Gasteiger partial charge in [0.15, 0.2) is 11.6 Å². The van der Waals surface area contributed by atoms with Gasteiger partial charge >= 0.3 is 12.1 Å². The molecule has 0 saturated heterocycles. The smallest absolute Gasteiger partial charge is 0.308 e. The van der Waals surface area contributed by atoms with E-state index >= 15 is 0 Å². The number of ketones is 2. The van der Waals surface area contributed by atoms with Crippen molar-refractivity contribution in [1.82, 2.24) is 0 Å². The molecule has 8 nitrogen and oxygen atoms in total. The lowest BCUT2D eigenvalue weighted by molar-refractivity contribution is 0.103. The van der Waals surface area contributed by atoms with Crippen LogP contribution in [-0.2, 0) is 0 Å². The van der Waals surface area contributed by atoms with Gasteiger partial charge in [-0.2, -0.15) is 0 Å². The molecular weight excluding hydrogens is 611 g/mol. The molecule has 224 valence electrons. The highest BCUT2D eigenvalue weighted by molar-refractivity contribution is 6.32. The lowest BCUT2D eigenvalue weighted by atomic mass is 10.0. The van der Waals surface area contributed by atoms with E-state index in [-0.39, 0.29) is 34.1 Å². The number of amides is 4. The highest BCUT2D eigenvalue weighted by Crippen LogP contribution is 2.27. The zero-order valence-electron chi connectivity index (χ0n) is 23.9. The van der Waals surface area contributed by atoms with Gasteiger partial charge in [0.05, 0.1) is 11.4 Å². The van der Waals surface area contributed by atoms with Crippen LogP contribution in [-0.4, -0.2) is 23.6 Å². The molecule has 0 saturated carbocycles. The summed E-state index contributed by atoms with van der Waals surface area (Å²) in [6.07, 6.45) is 0. The van der Waals surface area contributed by atoms with Crippen molar-refractivity contribution < 1.29 is 19.2 Å². The van der Waals surface area contributed by atoms with Gasteiger partial charge in [0.1, 0.15) is 0 Å². The SMILES string of the molecule is Cc1ccc(NC(=O)Nc2ccc(Cl)cc2C(=O)c2ccccc2)cc1NC(=O)Nc1ccc(Cl)cc1C(=O)c1ccccc1. The fourth-order valence-electron chi connectivity index (χ4n) is 4.51. The molecule has 5 aromatic rings. The molecule has 0 aliphatic heterocycles. The van der Waals surface area contributed by atoms with Gasteiger partial charge in [-0.1, -0.05) is 89.9 Å². The van der Waals surface area contributed by atoms with E-state index in [4.69, 9.17) is 23.2 Å². The predicted molar refractivity (Wildman–Crippen MR) is 179 cm³/mol. The number of urea groups is 2. The average Bonchev–Trinajstić information content (AvgIpc) is 3.04. The molecule has 0 fully saturated rings. The van der Waals surface area contributed by atoms with Crippen molar-refractivity contribution in [1.29, 1.82) is 0 Å². The zero-order chi connectivity index (χ0) is 31.9. The molecule has 5 rings (SSSR count). The van der Waals surface area contributed by atoms with Crippen molar-refractivity contribution in [3.63, 3.8) is 0 Å². The topological polar surface area (TPSA) is 116 Å². The van der Waals surface area contributed by atoms with Gasteiger partial charge in [0.2, 0.25) is 0 Å². The molecule has 0 aliphatic carbocycles. The second kappa shape index (κ2) is 13.9. The zero-order valence-corrected chi connectivity index (χ0v) is 25.4. The van der Waals surface area contributed by atoms with Crippen LogP contribution in [0.5, 0.6) is 0 Å². The van der Waals surface area contributed by atoms with Crippen LogP contribution >= 0.6 is 23.2 Å². The van der Waals surface area contributed by atoms with E-state index in [1.165, 1.54) is 12.1 Å². The Kier molecular flexibility index (Phi) is 9.57. The summed E-state index contributed by atoms with van der Waals surface area (Å²) < 4.78 is 0. The molecule has 5 aromatic carbocycles. The predicted octanol–water partition coefficient (Wildman–Crippen LogP) is 9.05. The molecule has 0 aromatic heterocycles. The first-order valence-electron chi connectivity index (χ1n) is 13.7. The number of halogens is 2. The van der Waals surface area contributed by atoms with Crippen LogP contribution in [0.15, 0.2) is 115 Å². The standard InChI is InChI=1S/C35H26Cl2N4O4/c1-21-12-15-26(38-34(44)39-29-16-13-24(36)18-27(29)32(42)22-8-4-2-5-9-22)20-31(21)41-35(45)40-30-17-14-25(37)19-28(30)33(43)23-10-6-3-7-11-23/h2-20H,1H3,(H2,38,39,44)(H2,40,41,45). The summed E-state index contributed by atoms with van der Waals surface area (Å²) in [6.45, 7) is 1.79. The first-order chi connectivity index (χ1) is 21.7. The lowest BCUT2D eigenvalue weighted by Gasteiger charge is -2.15. The first-order valence-corrected chi connectivity index (χ1v) is 14.5. The number of nitrogens with one attached hydrogen (secondary N) is 4. The van der Waals surface area contributed by atoms with E-state index in [1.54, 1.807) is 110 Å². The Bertz CT molecular complexity index is 1910. The van der Waals surface area contributed by atoms with Gasteiger partial charge in [-0.25, -0.2) is 9.59 Å². The fraction of sp³-hybridized carbons (Fsp3) is 0.0286. The Morgan fingerprint density at radius 2 is 0.933 bits per heavy atom. The Labute approximate surface area is 269 Å². The van der Waals surface area contributed by atoms with Crippen molar-refractivity contribution in [2.24, 2.45) is 0 Å². The van der Waals surface area contributed by atoms with Crippen LogP contribution in [0.2, 0.25) is 10.0 Å². The van der Waals surface area contributed by atoms with Gasteiger partial charge in [-0.15, -0.1) is 0 Å². The summed E-state index contributed by atoms with van der Waals surface area (Å²) >= 11 is 12.3. The highest BCUT2D eigenvalue weighted by atomic mass is 35.5. The molecule has 0 radical (unpaired) electrons. The van der Waals surface area contributed by atoms with Crippen molar-refractivity contribution in [3.05, 3.63) is 153 Å². The van der Waals surface area contributed by atoms with Crippen LogP contribution in [0.4, 0.5) is 32.3 Å². The normalized spacial score (nSPS) is 10.5. The highest BCUT2D eigenvalue weighted by Gasteiger charge is 2.18.